The van der Waals surface area contributed by atoms with Crippen molar-refractivity contribution in [2.75, 3.05) is 33.4 Å². The van der Waals surface area contributed by atoms with E-state index in [0.29, 0.717) is 5.92 Å². The van der Waals surface area contributed by atoms with Crippen LogP contribution in [0.2, 0.25) is 0 Å². The second kappa shape index (κ2) is 7.63. The van der Waals surface area contributed by atoms with Crippen molar-refractivity contribution in [1.29, 1.82) is 0 Å². The molecule has 1 aromatic carbocycles. The lowest BCUT2D eigenvalue weighted by atomic mass is 10.0. The van der Waals surface area contributed by atoms with Crippen LogP contribution in [0.1, 0.15) is 24.0 Å². The van der Waals surface area contributed by atoms with Crippen molar-refractivity contribution >= 4 is 0 Å². The number of rotatable bonds is 6. The summed E-state index contributed by atoms with van der Waals surface area (Å²) >= 11 is 0. The first-order valence-corrected chi connectivity index (χ1v) is 7.32. The molecule has 2 rings (SSSR count). The summed E-state index contributed by atoms with van der Waals surface area (Å²) in [6.45, 7) is 4.74. The summed E-state index contributed by atoms with van der Waals surface area (Å²) in [6.07, 6.45) is 3.49. The molecule has 0 aromatic heterocycles. The Hall–Kier alpha value is -0.900. The predicted octanol–water partition coefficient (Wildman–Crippen LogP) is 2.05. The third-order valence-electron chi connectivity index (χ3n) is 3.73. The predicted molar refractivity (Wildman–Crippen MR) is 79.1 cm³/mol. The molecule has 1 aromatic rings. The third-order valence-corrected chi connectivity index (χ3v) is 3.73. The van der Waals surface area contributed by atoms with E-state index in [1.807, 2.05) is 0 Å². The van der Waals surface area contributed by atoms with Crippen molar-refractivity contribution in [2.45, 2.75) is 25.8 Å². The molecule has 0 radical (unpaired) electrons. The standard InChI is InChI=1S/C16H26N2O/c1-18(12-16-3-2-10-19-13-16)11-15-6-4-14(5-7-15)8-9-17/h4-7,16H,2-3,8-13,17H2,1H3. The van der Waals surface area contributed by atoms with Gasteiger partial charge >= 0.3 is 0 Å². The zero-order valence-corrected chi connectivity index (χ0v) is 12.0. The van der Waals surface area contributed by atoms with Crippen LogP contribution < -0.4 is 5.73 Å². The molecule has 0 bridgehead atoms. The fourth-order valence-electron chi connectivity index (χ4n) is 2.75. The molecule has 0 aliphatic carbocycles. The molecule has 1 atom stereocenters. The lowest BCUT2D eigenvalue weighted by molar-refractivity contribution is 0.0411. The first kappa shape index (κ1) is 14.5. The van der Waals surface area contributed by atoms with Gasteiger partial charge in [-0.3, -0.25) is 0 Å². The molecule has 1 fully saturated rings. The van der Waals surface area contributed by atoms with Crippen molar-refractivity contribution in [2.24, 2.45) is 11.7 Å². The molecule has 19 heavy (non-hydrogen) atoms. The lowest BCUT2D eigenvalue weighted by Crippen LogP contribution is -2.30. The average molecular weight is 262 g/mol. The Bertz CT molecular complexity index is 358. The van der Waals surface area contributed by atoms with E-state index >= 15 is 0 Å². The van der Waals surface area contributed by atoms with Crippen LogP contribution in [0.5, 0.6) is 0 Å². The Kier molecular flexibility index (Phi) is 5.83. The van der Waals surface area contributed by atoms with E-state index in [2.05, 4.69) is 36.2 Å². The largest absolute Gasteiger partial charge is 0.381 e. The maximum absolute atomic E-state index is 5.56. The van der Waals surface area contributed by atoms with Gasteiger partial charge in [0, 0.05) is 19.7 Å². The van der Waals surface area contributed by atoms with E-state index < -0.39 is 0 Å². The van der Waals surface area contributed by atoms with Crippen LogP contribution in [0.25, 0.3) is 0 Å². The van der Waals surface area contributed by atoms with E-state index in [1.54, 1.807) is 0 Å². The van der Waals surface area contributed by atoms with E-state index in [4.69, 9.17) is 10.5 Å². The van der Waals surface area contributed by atoms with Gasteiger partial charge < -0.3 is 15.4 Å². The van der Waals surface area contributed by atoms with Gasteiger partial charge in [0.05, 0.1) is 6.61 Å². The molecule has 1 saturated heterocycles. The Morgan fingerprint density at radius 2 is 2.00 bits per heavy atom. The number of hydrogen-bond acceptors (Lipinski definition) is 3. The van der Waals surface area contributed by atoms with Gasteiger partial charge in [-0.25, -0.2) is 0 Å². The quantitative estimate of drug-likeness (QED) is 0.852. The number of ether oxygens (including phenoxy) is 1. The summed E-state index contributed by atoms with van der Waals surface area (Å²) in [5, 5.41) is 0. The van der Waals surface area contributed by atoms with Crippen LogP contribution in [0, 0.1) is 5.92 Å². The molecule has 0 spiro atoms. The molecule has 0 saturated carbocycles. The Labute approximate surface area is 116 Å². The Balaban J connectivity index is 1.78. The highest BCUT2D eigenvalue weighted by Crippen LogP contribution is 2.15. The van der Waals surface area contributed by atoms with Crippen molar-refractivity contribution in [3.8, 4) is 0 Å². The number of nitrogens with zero attached hydrogens (tertiary/aromatic N) is 1. The van der Waals surface area contributed by atoms with Crippen LogP contribution in [0.4, 0.5) is 0 Å². The molecule has 1 unspecified atom stereocenters. The van der Waals surface area contributed by atoms with Gasteiger partial charge in [-0.15, -0.1) is 0 Å². The van der Waals surface area contributed by atoms with Crippen LogP contribution in [0.3, 0.4) is 0 Å². The first-order valence-electron chi connectivity index (χ1n) is 7.32. The molecule has 1 aliphatic heterocycles. The van der Waals surface area contributed by atoms with Crippen molar-refractivity contribution in [3.63, 3.8) is 0 Å². The highest BCUT2D eigenvalue weighted by atomic mass is 16.5. The summed E-state index contributed by atoms with van der Waals surface area (Å²) in [7, 11) is 2.20. The molecule has 1 aliphatic rings. The zero-order chi connectivity index (χ0) is 13.5. The number of benzene rings is 1. The van der Waals surface area contributed by atoms with Crippen molar-refractivity contribution < 1.29 is 4.74 Å². The van der Waals surface area contributed by atoms with Gasteiger partial charge in [-0.2, -0.15) is 0 Å². The topological polar surface area (TPSA) is 38.5 Å². The van der Waals surface area contributed by atoms with Crippen molar-refractivity contribution in [3.05, 3.63) is 35.4 Å². The summed E-state index contributed by atoms with van der Waals surface area (Å²) in [4.78, 5) is 2.40. The van der Waals surface area contributed by atoms with E-state index in [0.717, 1.165) is 39.3 Å². The van der Waals surface area contributed by atoms with E-state index in [-0.39, 0.29) is 0 Å². The van der Waals surface area contributed by atoms with Gasteiger partial charge in [0.1, 0.15) is 0 Å². The smallest absolute Gasteiger partial charge is 0.0506 e. The summed E-state index contributed by atoms with van der Waals surface area (Å²) < 4.78 is 5.54. The molecule has 0 amide bonds. The Morgan fingerprint density at radius 3 is 2.63 bits per heavy atom. The molecule has 3 nitrogen and oxygen atoms in total. The second-order valence-electron chi connectivity index (χ2n) is 5.64. The number of hydrogen-bond donors (Lipinski definition) is 1. The minimum atomic E-state index is 0.704. The molecule has 2 N–H and O–H groups in total. The van der Waals surface area contributed by atoms with Crippen LogP contribution in [-0.2, 0) is 17.7 Å². The molecular formula is C16H26N2O. The van der Waals surface area contributed by atoms with Crippen LogP contribution in [0.15, 0.2) is 24.3 Å². The summed E-state index contributed by atoms with van der Waals surface area (Å²) in [5.74, 6) is 0.704. The molecule has 1 heterocycles. The monoisotopic (exact) mass is 262 g/mol. The maximum Gasteiger partial charge on any atom is 0.0506 e. The molecule has 3 heteroatoms. The highest BCUT2D eigenvalue weighted by Gasteiger charge is 2.15. The van der Waals surface area contributed by atoms with Gasteiger partial charge in [-0.1, -0.05) is 24.3 Å². The average Bonchev–Trinajstić information content (AvgIpc) is 2.42. The summed E-state index contributed by atoms with van der Waals surface area (Å²) in [5.41, 5.74) is 8.27. The second-order valence-corrected chi connectivity index (χ2v) is 5.64. The third kappa shape index (κ3) is 4.94. The van der Waals surface area contributed by atoms with Crippen LogP contribution >= 0.6 is 0 Å². The van der Waals surface area contributed by atoms with E-state index in [1.165, 1.54) is 24.0 Å². The number of nitrogens with two attached hydrogens (primary N) is 1. The zero-order valence-electron chi connectivity index (χ0n) is 12.0. The lowest BCUT2D eigenvalue weighted by Gasteiger charge is -2.27. The first-order chi connectivity index (χ1) is 9.28. The fraction of sp³-hybridized carbons (Fsp3) is 0.625. The fourth-order valence-corrected chi connectivity index (χ4v) is 2.75. The molecular weight excluding hydrogens is 236 g/mol. The minimum absolute atomic E-state index is 0.704. The highest BCUT2D eigenvalue weighted by molar-refractivity contribution is 5.22. The summed E-state index contributed by atoms with van der Waals surface area (Å²) in [6, 6.07) is 8.83. The van der Waals surface area contributed by atoms with Crippen LogP contribution in [-0.4, -0.2) is 38.3 Å². The maximum atomic E-state index is 5.56. The SMILES string of the molecule is CN(Cc1ccc(CCN)cc1)CC1CCCOC1. The Morgan fingerprint density at radius 1 is 1.26 bits per heavy atom. The van der Waals surface area contributed by atoms with Gasteiger partial charge in [0.2, 0.25) is 0 Å². The molecule has 106 valence electrons. The van der Waals surface area contributed by atoms with E-state index in [9.17, 15) is 0 Å². The normalized spacial score (nSPS) is 19.8. The van der Waals surface area contributed by atoms with Gasteiger partial charge in [0.25, 0.3) is 0 Å². The van der Waals surface area contributed by atoms with Gasteiger partial charge in [0.15, 0.2) is 0 Å². The van der Waals surface area contributed by atoms with Crippen molar-refractivity contribution in [1.82, 2.24) is 4.90 Å². The van der Waals surface area contributed by atoms with Gasteiger partial charge in [-0.05, 0) is 49.9 Å². The minimum Gasteiger partial charge on any atom is -0.381 e.